The van der Waals surface area contributed by atoms with Gasteiger partial charge in [0.2, 0.25) is 0 Å². The van der Waals surface area contributed by atoms with E-state index in [1.165, 1.54) is 43.9 Å². The van der Waals surface area contributed by atoms with E-state index in [1.807, 2.05) is 13.1 Å². The highest BCUT2D eigenvalue weighted by Crippen LogP contribution is 2.19. The maximum absolute atomic E-state index is 5.46. The van der Waals surface area contributed by atoms with Crippen LogP contribution in [0.15, 0.2) is 23.2 Å². The lowest BCUT2D eigenvalue weighted by atomic mass is 10.1. The third-order valence-electron chi connectivity index (χ3n) is 5.24. The molecule has 0 radical (unpaired) electrons. The van der Waals surface area contributed by atoms with Gasteiger partial charge >= 0.3 is 0 Å². The SMILES string of the molecule is CN=C(NCCc1cc(C)ccc1OC)NCC1CN2CCN1CC2. The quantitative estimate of drug-likeness (QED) is 0.588. The molecule has 1 aromatic rings. The highest BCUT2D eigenvalue weighted by molar-refractivity contribution is 5.79. The number of nitrogens with zero attached hydrogens (tertiary/aromatic N) is 3. The van der Waals surface area contributed by atoms with Crippen LogP contribution in [0.3, 0.4) is 0 Å². The molecule has 0 spiro atoms. The predicted molar refractivity (Wildman–Crippen MR) is 103 cm³/mol. The maximum Gasteiger partial charge on any atom is 0.191 e. The van der Waals surface area contributed by atoms with Crippen LogP contribution in [0.5, 0.6) is 5.75 Å². The van der Waals surface area contributed by atoms with E-state index in [2.05, 4.69) is 44.5 Å². The molecule has 1 atom stereocenters. The molecule has 3 heterocycles. The largest absolute Gasteiger partial charge is 0.496 e. The van der Waals surface area contributed by atoms with Crippen LogP contribution in [0.25, 0.3) is 0 Å². The van der Waals surface area contributed by atoms with Gasteiger partial charge in [-0.05, 0) is 25.0 Å². The van der Waals surface area contributed by atoms with Gasteiger partial charge in [0, 0.05) is 58.9 Å². The average Bonchev–Trinajstić information content (AvgIpc) is 2.65. The Kier molecular flexibility index (Phi) is 6.15. The number of aliphatic imine (C=N–C) groups is 1. The number of benzene rings is 1. The number of hydrogen-bond donors (Lipinski definition) is 2. The first kappa shape index (κ1) is 18.0. The molecule has 6 heteroatoms. The number of rotatable bonds is 6. The van der Waals surface area contributed by atoms with E-state index in [-0.39, 0.29) is 0 Å². The van der Waals surface area contributed by atoms with Crippen molar-refractivity contribution in [2.75, 3.05) is 60.0 Å². The minimum Gasteiger partial charge on any atom is -0.496 e. The second-order valence-corrected chi connectivity index (χ2v) is 6.94. The number of ether oxygens (including phenoxy) is 1. The van der Waals surface area contributed by atoms with Gasteiger partial charge in [-0.1, -0.05) is 17.7 Å². The first-order chi connectivity index (χ1) is 12.2. The van der Waals surface area contributed by atoms with E-state index >= 15 is 0 Å². The summed E-state index contributed by atoms with van der Waals surface area (Å²) in [5.41, 5.74) is 2.49. The molecule has 3 aliphatic heterocycles. The summed E-state index contributed by atoms with van der Waals surface area (Å²) in [4.78, 5) is 9.51. The van der Waals surface area contributed by atoms with Crippen LogP contribution in [-0.2, 0) is 6.42 Å². The molecule has 3 saturated heterocycles. The van der Waals surface area contributed by atoms with Gasteiger partial charge in [-0.3, -0.25) is 14.8 Å². The fourth-order valence-electron chi connectivity index (χ4n) is 3.77. The van der Waals surface area contributed by atoms with Crippen LogP contribution in [0.2, 0.25) is 0 Å². The summed E-state index contributed by atoms with van der Waals surface area (Å²) < 4.78 is 5.46. The van der Waals surface area contributed by atoms with Crippen molar-refractivity contribution in [1.82, 2.24) is 20.4 Å². The Balaban J connectivity index is 1.44. The summed E-state index contributed by atoms with van der Waals surface area (Å²) in [6, 6.07) is 6.91. The lowest BCUT2D eigenvalue weighted by Gasteiger charge is -2.47. The molecule has 0 aliphatic carbocycles. The molecule has 3 fully saturated rings. The summed E-state index contributed by atoms with van der Waals surface area (Å²) in [5.74, 6) is 1.83. The molecule has 25 heavy (non-hydrogen) atoms. The Morgan fingerprint density at radius 2 is 2.04 bits per heavy atom. The van der Waals surface area contributed by atoms with E-state index in [0.29, 0.717) is 6.04 Å². The molecule has 4 rings (SSSR count). The monoisotopic (exact) mass is 345 g/mol. The van der Waals surface area contributed by atoms with Crippen LogP contribution in [-0.4, -0.2) is 81.8 Å². The van der Waals surface area contributed by atoms with E-state index in [0.717, 1.165) is 31.2 Å². The zero-order valence-corrected chi connectivity index (χ0v) is 15.7. The highest BCUT2D eigenvalue weighted by atomic mass is 16.5. The molecule has 0 aromatic heterocycles. The molecular weight excluding hydrogens is 314 g/mol. The van der Waals surface area contributed by atoms with E-state index in [1.54, 1.807) is 7.11 Å². The third-order valence-corrected chi connectivity index (χ3v) is 5.24. The van der Waals surface area contributed by atoms with Gasteiger partial charge in [0.05, 0.1) is 7.11 Å². The lowest BCUT2D eigenvalue weighted by Crippen LogP contribution is -2.63. The summed E-state index contributed by atoms with van der Waals surface area (Å²) in [7, 11) is 3.56. The Hall–Kier alpha value is -1.79. The molecule has 2 N–H and O–H groups in total. The maximum atomic E-state index is 5.46. The minimum atomic E-state index is 0.595. The van der Waals surface area contributed by atoms with Crippen LogP contribution in [0, 0.1) is 6.92 Å². The molecular formula is C19H31N5O. The smallest absolute Gasteiger partial charge is 0.191 e. The van der Waals surface area contributed by atoms with Gasteiger partial charge in [-0.25, -0.2) is 0 Å². The van der Waals surface area contributed by atoms with Gasteiger partial charge in [-0.15, -0.1) is 0 Å². The van der Waals surface area contributed by atoms with E-state index < -0.39 is 0 Å². The molecule has 6 nitrogen and oxygen atoms in total. The molecule has 138 valence electrons. The number of fused-ring (bicyclic) bond motifs is 3. The van der Waals surface area contributed by atoms with Crippen LogP contribution < -0.4 is 15.4 Å². The van der Waals surface area contributed by atoms with Crippen molar-refractivity contribution in [3.63, 3.8) is 0 Å². The standard InChI is InChI=1S/C19H31N5O/c1-15-4-5-18(25-3)16(12-15)6-7-21-19(20-2)22-13-17-14-23-8-10-24(17)11-9-23/h4-5,12,17H,6-11,13-14H2,1-3H3,(H2,20,21,22). The number of methoxy groups -OCH3 is 1. The Morgan fingerprint density at radius 1 is 1.24 bits per heavy atom. The second kappa shape index (κ2) is 8.54. The molecule has 3 aliphatic rings. The average molecular weight is 345 g/mol. The summed E-state index contributed by atoms with van der Waals surface area (Å²) in [5, 5.41) is 6.91. The van der Waals surface area contributed by atoms with Crippen molar-refractivity contribution in [2.24, 2.45) is 4.99 Å². The third kappa shape index (κ3) is 4.64. The highest BCUT2D eigenvalue weighted by Gasteiger charge is 2.31. The van der Waals surface area contributed by atoms with Crippen molar-refractivity contribution in [3.8, 4) is 5.75 Å². The second-order valence-electron chi connectivity index (χ2n) is 6.94. The molecule has 0 saturated carbocycles. The normalized spacial score (nSPS) is 25.7. The van der Waals surface area contributed by atoms with Crippen LogP contribution >= 0.6 is 0 Å². The van der Waals surface area contributed by atoms with Crippen molar-refractivity contribution in [3.05, 3.63) is 29.3 Å². The Labute approximate surface area is 151 Å². The summed E-state index contributed by atoms with van der Waals surface area (Å²) in [6.07, 6.45) is 0.912. The van der Waals surface area contributed by atoms with E-state index in [9.17, 15) is 0 Å². The van der Waals surface area contributed by atoms with Gasteiger partial charge in [0.15, 0.2) is 5.96 Å². The summed E-state index contributed by atoms with van der Waals surface area (Å²) >= 11 is 0. The number of hydrogen-bond acceptors (Lipinski definition) is 4. The fraction of sp³-hybridized carbons (Fsp3) is 0.632. The fourth-order valence-corrected chi connectivity index (χ4v) is 3.77. The zero-order chi connectivity index (χ0) is 17.6. The number of aryl methyl sites for hydroxylation is 1. The number of nitrogens with one attached hydrogen (secondary N) is 2. The van der Waals surface area contributed by atoms with Gasteiger partial charge in [0.25, 0.3) is 0 Å². The Bertz CT molecular complexity index is 595. The molecule has 2 bridgehead atoms. The zero-order valence-electron chi connectivity index (χ0n) is 15.7. The molecule has 1 aromatic carbocycles. The van der Waals surface area contributed by atoms with Crippen molar-refractivity contribution >= 4 is 5.96 Å². The predicted octanol–water partition coefficient (Wildman–Crippen LogP) is 0.711. The van der Waals surface area contributed by atoms with Crippen molar-refractivity contribution in [1.29, 1.82) is 0 Å². The molecule has 0 amide bonds. The van der Waals surface area contributed by atoms with Crippen LogP contribution in [0.4, 0.5) is 0 Å². The number of guanidine groups is 1. The lowest BCUT2D eigenvalue weighted by molar-refractivity contribution is 0.0154. The molecule has 1 unspecified atom stereocenters. The first-order valence-electron chi connectivity index (χ1n) is 9.24. The van der Waals surface area contributed by atoms with Crippen molar-refractivity contribution in [2.45, 2.75) is 19.4 Å². The minimum absolute atomic E-state index is 0.595. The number of piperazine rings is 3. The summed E-state index contributed by atoms with van der Waals surface area (Å²) in [6.45, 7) is 9.91. The van der Waals surface area contributed by atoms with Gasteiger partial charge in [0.1, 0.15) is 5.75 Å². The first-order valence-corrected chi connectivity index (χ1v) is 9.24. The van der Waals surface area contributed by atoms with Gasteiger partial charge < -0.3 is 15.4 Å². The van der Waals surface area contributed by atoms with E-state index in [4.69, 9.17) is 4.74 Å². The Morgan fingerprint density at radius 3 is 2.68 bits per heavy atom. The van der Waals surface area contributed by atoms with Crippen LogP contribution in [0.1, 0.15) is 11.1 Å². The van der Waals surface area contributed by atoms with Gasteiger partial charge in [-0.2, -0.15) is 0 Å². The van der Waals surface area contributed by atoms with Crippen molar-refractivity contribution < 1.29 is 4.74 Å². The topological polar surface area (TPSA) is 52.1 Å².